The summed E-state index contributed by atoms with van der Waals surface area (Å²) < 4.78 is 0. The summed E-state index contributed by atoms with van der Waals surface area (Å²) in [7, 11) is 0. The second-order valence-electron chi connectivity index (χ2n) is 3.88. The summed E-state index contributed by atoms with van der Waals surface area (Å²) in [6.07, 6.45) is 19.0. The maximum Gasteiger partial charge on any atom is -0.0351 e. The van der Waals surface area contributed by atoms with Crippen LogP contribution < -0.4 is 0 Å². The Morgan fingerprint density at radius 3 is 0.650 bits per heavy atom. The zero-order valence-electron chi connectivity index (χ0n) is 16.2. The van der Waals surface area contributed by atoms with Crippen molar-refractivity contribution in [3.63, 3.8) is 0 Å². The molecule has 0 aliphatic heterocycles. The van der Waals surface area contributed by atoms with Crippen molar-refractivity contribution >= 4 is 0 Å². The normalized spacial score (nSPS) is 14.8. The highest BCUT2D eigenvalue weighted by Gasteiger charge is 1.95. The first-order valence-electron chi connectivity index (χ1n) is 9.65. The molecular formula is C20H46. The lowest BCUT2D eigenvalue weighted by Gasteiger charge is -2.05. The minimum Gasteiger partial charge on any atom is -0.0885 e. The molecule has 0 amide bonds. The van der Waals surface area contributed by atoms with Gasteiger partial charge < -0.3 is 0 Å². The van der Waals surface area contributed by atoms with Crippen LogP contribution >= 0.6 is 0 Å². The van der Waals surface area contributed by atoms with E-state index < -0.39 is 0 Å². The summed E-state index contributed by atoms with van der Waals surface area (Å²) in [6, 6.07) is 0. The van der Waals surface area contributed by atoms with Crippen molar-refractivity contribution in [1.29, 1.82) is 0 Å². The highest BCUT2D eigenvalue weighted by atomic mass is 14.0. The smallest absolute Gasteiger partial charge is 0.0351 e. The summed E-state index contributed by atoms with van der Waals surface area (Å²) in [5.74, 6) is 0. The van der Waals surface area contributed by atoms with Crippen LogP contribution in [0.15, 0.2) is 12.2 Å². The second kappa shape index (κ2) is 42.8. The number of hydrogen-bond donors (Lipinski definition) is 0. The van der Waals surface area contributed by atoms with Gasteiger partial charge in [0.05, 0.1) is 0 Å². The highest BCUT2D eigenvalue weighted by Crippen LogP contribution is 2.15. The lowest BCUT2D eigenvalue weighted by atomic mass is 10.0. The lowest BCUT2D eigenvalue weighted by Crippen LogP contribution is -1.85. The quantitative estimate of drug-likeness (QED) is 0.391. The molecule has 2 rings (SSSR count). The molecule has 20 heavy (non-hydrogen) atoms. The van der Waals surface area contributed by atoms with Crippen LogP contribution in [0.1, 0.15) is 120 Å². The molecule has 0 bridgehead atoms. The van der Waals surface area contributed by atoms with Crippen LogP contribution in [0, 0.1) is 0 Å². The average molecular weight is 287 g/mol. The van der Waals surface area contributed by atoms with E-state index in [0.29, 0.717) is 0 Å². The maximum atomic E-state index is 2.27. The fourth-order valence-corrected chi connectivity index (χ4v) is 1.82. The molecule has 2 aliphatic rings. The molecule has 0 unspecified atom stereocenters. The molecule has 0 nitrogen and oxygen atoms in total. The fourth-order valence-electron chi connectivity index (χ4n) is 1.82. The molecule has 0 atom stereocenters. The molecule has 0 saturated heterocycles. The van der Waals surface area contributed by atoms with Crippen molar-refractivity contribution in [2.45, 2.75) is 120 Å². The zero-order valence-corrected chi connectivity index (χ0v) is 16.2. The Morgan fingerprint density at radius 2 is 0.550 bits per heavy atom. The van der Waals surface area contributed by atoms with Crippen LogP contribution in [0.2, 0.25) is 0 Å². The molecule has 0 radical (unpaired) electrons. The molecule has 0 aromatic carbocycles. The standard InChI is InChI=1S/C6H12.C6H10.4C2H6/c2*1-2-4-6-5-3-1;4*1-2/h1-6H2;1-2H,3-6H2;4*1-2H3. The molecule has 1 fully saturated rings. The first-order valence-corrected chi connectivity index (χ1v) is 9.65. The lowest BCUT2D eigenvalue weighted by molar-refractivity contribution is 0.504. The van der Waals surface area contributed by atoms with E-state index in [9.17, 15) is 0 Å². The van der Waals surface area contributed by atoms with E-state index in [-0.39, 0.29) is 0 Å². The van der Waals surface area contributed by atoms with Crippen LogP contribution in [0.5, 0.6) is 0 Å². The first kappa shape index (κ1) is 28.0. The largest absolute Gasteiger partial charge is 0.0885 e. The minimum atomic E-state index is 1.32. The Balaban J connectivity index is -0.0000000863. The molecule has 0 aromatic rings. The van der Waals surface area contributed by atoms with Crippen LogP contribution in [0.3, 0.4) is 0 Å². The van der Waals surface area contributed by atoms with Crippen molar-refractivity contribution in [3.8, 4) is 0 Å². The molecular weight excluding hydrogens is 240 g/mol. The predicted octanol–water partition coefficient (Wildman–Crippen LogP) is 8.56. The average Bonchev–Trinajstić information content (AvgIpc) is 2.65. The van der Waals surface area contributed by atoms with Crippen molar-refractivity contribution < 1.29 is 0 Å². The molecule has 0 heterocycles. The SMILES string of the molecule is C1=CCCCC1.C1CCCCC1.CC.CC.CC.CC. The van der Waals surface area contributed by atoms with Gasteiger partial charge in [-0.25, -0.2) is 0 Å². The van der Waals surface area contributed by atoms with Crippen LogP contribution in [0.25, 0.3) is 0 Å². The summed E-state index contributed by atoms with van der Waals surface area (Å²) in [5.41, 5.74) is 0. The van der Waals surface area contributed by atoms with Gasteiger partial charge >= 0.3 is 0 Å². The highest BCUT2D eigenvalue weighted by molar-refractivity contribution is 4.85. The Morgan fingerprint density at radius 1 is 0.350 bits per heavy atom. The third-order valence-electron chi connectivity index (χ3n) is 2.66. The first-order chi connectivity index (χ1) is 10.0. The summed E-state index contributed by atoms with van der Waals surface area (Å²) in [4.78, 5) is 0. The minimum absolute atomic E-state index is 1.32. The molecule has 0 aromatic heterocycles. The molecule has 0 N–H and O–H groups in total. The third-order valence-corrected chi connectivity index (χ3v) is 2.66. The summed E-state index contributed by atoms with van der Waals surface area (Å²) in [6.45, 7) is 16.0. The van der Waals surface area contributed by atoms with E-state index in [1.807, 2.05) is 55.4 Å². The van der Waals surface area contributed by atoms with Crippen molar-refractivity contribution in [2.24, 2.45) is 0 Å². The molecule has 126 valence electrons. The van der Waals surface area contributed by atoms with Crippen LogP contribution in [-0.2, 0) is 0 Å². The third kappa shape index (κ3) is 36.1. The zero-order chi connectivity index (χ0) is 16.5. The van der Waals surface area contributed by atoms with Crippen molar-refractivity contribution in [3.05, 3.63) is 12.2 Å². The van der Waals surface area contributed by atoms with E-state index in [1.54, 1.807) is 0 Å². The molecule has 1 saturated carbocycles. The summed E-state index contributed by atoms with van der Waals surface area (Å²) in [5, 5.41) is 0. The van der Waals surface area contributed by atoms with E-state index in [4.69, 9.17) is 0 Å². The Labute approximate surface area is 132 Å². The Kier molecular flexibility index (Phi) is 59.9. The van der Waals surface area contributed by atoms with E-state index >= 15 is 0 Å². The van der Waals surface area contributed by atoms with Crippen LogP contribution in [0.4, 0.5) is 0 Å². The van der Waals surface area contributed by atoms with Crippen molar-refractivity contribution in [2.75, 3.05) is 0 Å². The molecule has 0 heteroatoms. The van der Waals surface area contributed by atoms with Gasteiger partial charge in [-0.05, 0) is 25.7 Å². The van der Waals surface area contributed by atoms with Gasteiger partial charge in [0.25, 0.3) is 0 Å². The van der Waals surface area contributed by atoms with Gasteiger partial charge in [-0.15, -0.1) is 0 Å². The summed E-state index contributed by atoms with van der Waals surface area (Å²) >= 11 is 0. The Bertz CT molecular complexity index is 89.7. The van der Waals surface area contributed by atoms with Crippen LogP contribution in [-0.4, -0.2) is 0 Å². The van der Waals surface area contributed by atoms with Gasteiger partial charge in [-0.2, -0.15) is 0 Å². The van der Waals surface area contributed by atoms with E-state index in [2.05, 4.69) is 12.2 Å². The number of hydrogen-bond acceptors (Lipinski definition) is 0. The topological polar surface area (TPSA) is 0 Å². The van der Waals surface area contributed by atoms with Gasteiger partial charge in [-0.3, -0.25) is 0 Å². The van der Waals surface area contributed by atoms with Crippen molar-refractivity contribution in [1.82, 2.24) is 0 Å². The second-order valence-corrected chi connectivity index (χ2v) is 3.88. The number of rotatable bonds is 0. The molecule has 0 spiro atoms. The maximum absolute atomic E-state index is 2.27. The van der Waals surface area contributed by atoms with E-state index in [0.717, 1.165) is 0 Å². The van der Waals surface area contributed by atoms with Gasteiger partial charge in [0.2, 0.25) is 0 Å². The molecule has 2 aliphatic carbocycles. The van der Waals surface area contributed by atoms with E-state index in [1.165, 1.54) is 64.2 Å². The Hall–Kier alpha value is -0.260. The van der Waals surface area contributed by atoms with Gasteiger partial charge in [-0.1, -0.05) is 106 Å². The van der Waals surface area contributed by atoms with Gasteiger partial charge in [0.15, 0.2) is 0 Å². The predicted molar refractivity (Wildman–Crippen MR) is 101 cm³/mol. The monoisotopic (exact) mass is 286 g/mol. The van der Waals surface area contributed by atoms with Gasteiger partial charge in [0, 0.05) is 0 Å². The number of allylic oxidation sites excluding steroid dienone is 2. The van der Waals surface area contributed by atoms with Gasteiger partial charge in [0.1, 0.15) is 0 Å². The fraction of sp³-hybridized carbons (Fsp3) is 0.900.